The van der Waals surface area contributed by atoms with Crippen LogP contribution in [-0.2, 0) is 9.84 Å². The topological polar surface area (TPSA) is 76.1 Å². The first-order valence-electron chi connectivity index (χ1n) is 5.60. The van der Waals surface area contributed by atoms with Crippen LogP contribution in [0.3, 0.4) is 0 Å². The van der Waals surface area contributed by atoms with Crippen LogP contribution in [0.4, 0.5) is 0 Å². The number of amides is 1. The van der Waals surface area contributed by atoms with E-state index in [4.69, 9.17) is 0 Å². The number of hydrogen-bond donors (Lipinski definition) is 1. The number of pyridine rings is 1. The van der Waals surface area contributed by atoms with Gasteiger partial charge in [0, 0.05) is 18.3 Å². The van der Waals surface area contributed by atoms with Gasteiger partial charge in [0.05, 0.1) is 11.0 Å². The average molecular weight is 333 g/mol. The summed E-state index contributed by atoms with van der Waals surface area (Å²) in [6, 6.07) is 3.18. The molecule has 0 bridgehead atoms. The van der Waals surface area contributed by atoms with Crippen molar-refractivity contribution in [3.05, 3.63) is 28.5 Å². The summed E-state index contributed by atoms with van der Waals surface area (Å²) in [5.74, 6) is -0.0471. The second-order valence-electron chi connectivity index (χ2n) is 4.21. The molecular weight excluding hydrogens is 320 g/mol. The number of rotatable bonds is 3. The van der Waals surface area contributed by atoms with Crippen molar-refractivity contribution in [2.45, 2.75) is 18.1 Å². The first-order chi connectivity index (χ1) is 8.49. The normalized spacial score (nSPS) is 21.7. The Bertz CT molecular complexity index is 559. The van der Waals surface area contributed by atoms with Crippen LogP contribution in [0.25, 0.3) is 0 Å². The van der Waals surface area contributed by atoms with Gasteiger partial charge in [-0.2, -0.15) is 0 Å². The summed E-state index contributed by atoms with van der Waals surface area (Å²) in [6.07, 6.45) is 2.83. The van der Waals surface area contributed by atoms with Gasteiger partial charge in [-0.05, 0) is 40.9 Å². The van der Waals surface area contributed by atoms with Crippen LogP contribution in [0.15, 0.2) is 22.9 Å². The number of carbonyl (C=O) groups excluding carboxylic acids is 1. The van der Waals surface area contributed by atoms with Crippen molar-refractivity contribution < 1.29 is 13.2 Å². The zero-order chi connectivity index (χ0) is 13.2. The molecule has 98 valence electrons. The van der Waals surface area contributed by atoms with Crippen molar-refractivity contribution >= 4 is 31.7 Å². The number of sulfone groups is 1. The van der Waals surface area contributed by atoms with Crippen molar-refractivity contribution in [3.8, 4) is 0 Å². The molecule has 1 amide bonds. The molecule has 1 N–H and O–H groups in total. The minimum atomic E-state index is -3.01. The predicted octanol–water partition coefficient (Wildman–Crippen LogP) is 1.15. The van der Waals surface area contributed by atoms with E-state index in [0.29, 0.717) is 23.0 Å². The maximum absolute atomic E-state index is 11.8. The molecule has 1 saturated heterocycles. The Balaban J connectivity index is 1.97. The van der Waals surface area contributed by atoms with E-state index in [-0.39, 0.29) is 18.2 Å². The third kappa shape index (κ3) is 3.08. The van der Waals surface area contributed by atoms with Gasteiger partial charge < -0.3 is 5.32 Å². The largest absolute Gasteiger partial charge is 0.351 e. The fourth-order valence-electron chi connectivity index (χ4n) is 1.94. The first kappa shape index (κ1) is 13.5. The van der Waals surface area contributed by atoms with Gasteiger partial charge in [0.15, 0.2) is 9.84 Å². The highest BCUT2D eigenvalue weighted by Crippen LogP contribution is 2.19. The van der Waals surface area contributed by atoms with Crippen molar-refractivity contribution in [2.75, 3.05) is 12.3 Å². The van der Waals surface area contributed by atoms with Gasteiger partial charge >= 0.3 is 0 Å². The zero-order valence-electron chi connectivity index (χ0n) is 9.60. The van der Waals surface area contributed by atoms with Crippen molar-refractivity contribution in [1.29, 1.82) is 0 Å². The Labute approximate surface area is 114 Å². The second kappa shape index (κ2) is 5.36. The van der Waals surface area contributed by atoms with Crippen LogP contribution in [0.5, 0.6) is 0 Å². The van der Waals surface area contributed by atoms with Crippen molar-refractivity contribution in [3.63, 3.8) is 0 Å². The molecule has 0 saturated carbocycles. The Morgan fingerprint density at radius 2 is 2.33 bits per heavy atom. The Hall–Kier alpha value is -0.950. The van der Waals surface area contributed by atoms with Crippen LogP contribution >= 0.6 is 15.9 Å². The van der Waals surface area contributed by atoms with Crippen LogP contribution in [-0.4, -0.2) is 36.9 Å². The molecule has 7 heteroatoms. The summed E-state index contributed by atoms with van der Waals surface area (Å²) in [7, 11) is -3.01. The van der Waals surface area contributed by atoms with Gasteiger partial charge in [-0.15, -0.1) is 0 Å². The number of halogens is 1. The van der Waals surface area contributed by atoms with E-state index in [1.165, 1.54) is 6.20 Å². The van der Waals surface area contributed by atoms with E-state index in [1.807, 2.05) is 0 Å². The van der Waals surface area contributed by atoms with E-state index in [9.17, 15) is 13.2 Å². The number of hydrogen-bond acceptors (Lipinski definition) is 4. The highest BCUT2D eigenvalue weighted by Gasteiger charge is 2.31. The molecule has 1 aliphatic rings. The van der Waals surface area contributed by atoms with E-state index in [0.717, 1.165) is 0 Å². The van der Waals surface area contributed by atoms with Gasteiger partial charge in [0.25, 0.3) is 5.91 Å². The SMILES string of the molecule is O=C(NCC1CCCS1(=O)=O)c1ccnc(Br)c1. The van der Waals surface area contributed by atoms with Crippen molar-refractivity contribution in [2.24, 2.45) is 0 Å². The minimum Gasteiger partial charge on any atom is -0.351 e. The summed E-state index contributed by atoms with van der Waals surface area (Å²) in [4.78, 5) is 15.7. The molecule has 18 heavy (non-hydrogen) atoms. The number of aromatic nitrogens is 1. The molecule has 2 rings (SSSR count). The third-order valence-corrected chi connectivity index (χ3v) is 5.65. The molecule has 5 nitrogen and oxygen atoms in total. The summed E-state index contributed by atoms with van der Waals surface area (Å²) in [5.41, 5.74) is 0.465. The molecule has 0 radical (unpaired) electrons. The van der Waals surface area contributed by atoms with E-state index < -0.39 is 15.1 Å². The number of nitrogens with one attached hydrogen (secondary N) is 1. The predicted molar refractivity (Wildman–Crippen MR) is 71.1 cm³/mol. The summed E-state index contributed by atoms with van der Waals surface area (Å²) >= 11 is 3.18. The lowest BCUT2D eigenvalue weighted by Crippen LogP contribution is -2.34. The lowest BCUT2D eigenvalue weighted by molar-refractivity contribution is 0.0953. The van der Waals surface area contributed by atoms with Crippen LogP contribution in [0, 0.1) is 0 Å². The second-order valence-corrected chi connectivity index (χ2v) is 7.42. The number of carbonyl (C=O) groups is 1. The minimum absolute atomic E-state index is 0.182. The van der Waals surface area contributed by atoms with Gasteiger partial charge in [-0.1, -0.05) is 0 Å². The molecular formula is C11H13BrN2O3S. The Morgan fingerprint density at radius 3 is 2.94 bits per heavy atom. The quantitative estimate of drug-likeness (QED) is 0.842. The van der Waals surface area contributed by atoms with Crippen LogP contribution in [0.2, 0.25) is 0 Å². The molecule has 0 spiro atoms. The molecule has 1 aromatic heterocycles. The molecule has 1 atom stereocenters. The van der Waals surface area contributed by atoms with Gasteiger partial charge in [0.2, 0.25) is 0 Å². The average Bonchev–Trinajstić information content (AvgIpc) is 2.65. The molecule has 2 heterocycles. The van der Waals surface area contributed by atoms with Crippen molar-refractivity contribution in [1.82, 2.24) is 10.3 Å². The number of nitrogens with zero attached hydrogens (tertiary/aromatic N) is 1. The van der Waals surface area contributed by atoms with Gasteiger partial charge in [0.1, 0.15) is 4.60 Å². The molecule has 1 aliphatic heterocycles. The zero-order valence-corrected chi connectivity index (χ0v) is 12.0. The fourth-order valence-corrected chi connectivity index (χ4v) is 4.07. The summed E-state index contributed by atoms with van der Waals surface area (Å²) in [5, 5.41) is 2.22. The Morgan fingerprint density at radius 1 is 1.56 bits per heavy atom. The molecule has 1 aromatic rings. The molecule has 0 aromatic carbocycles. The van der Waals surface area contributed by atoms with E-state index in [2.05, 4.69) is 26.2 Å². The van der Waals surface area contributed by atoms with E-state index in [1.54, 1.807) is 12.1 Å². The fraction of sp³-hybridized carbons (Fsp3) is 0.455. The standard InChI is InChI=1S/C11H13BrN2O3S/c12-10-6-8(3-4-13-10)11(15)14-7-9-2-1-5-18(9,16)17/h3-4,6,9H,1-2,5,7H2,(H,14,15). The molecule has 0 aliphatic carbocycles. The van der Waals surface area contributed by atoms with Gasteiger partial charge in [-0.25, -0.2) is 13.4 Å². The van der Waals surface area contributed by atoms with E-state index >= 15 is 0 Å². The van der Waals surface area contributed by atoms with Crippen LogP contribution < -0.4 is 5.32 Å². The molecule has 1 fully saturated rings. The lowest BCUT2D eigenvalue weighted by Gasteiger charge is -2.10. The highest BCUT2D eigenvalue weighted by molar-refractivity contribution is 9.10. The summed E-state index contributed by atoms with van der Waals surface area (Å²) < 4.78 is 23.8. The highest BCUT2D eigenvalue weighted by atomic mass is 79.9. The van der Waals surface area contributed by atoms with Gasteiger partial charge in [-0.3, -0.25) is 4.79 Å². The maximum atomic E-state index is 11.8. The lowest BCUT2D eigenvalue weighted by atomic mass is 10.2. The third-order valence-electron chi connectivity index (χ3n) is 2.94. The maximum Gasteiger partial charge on any atom is 0.251 e. The first-order valence-corrected chi connectivity index (χ1v) is 8.11. The Kier molecular flexibility index (Phi) is 4.01. The smallest absolute Gasteiger partial charge is 0.251 e. The summed E-state index contributed by atoms with van der Waals surface area (Å²) in [6.45, 7) is 0.182. The molecule has 1 unspecified atom stereocenters. The van der Waals surface area contributed by atoms with Crippen LogP contribution in [0.1, 0.15) is 23.2 Å². The monoisotopic (exact) mass is 332 g/mol.